The minimum atomic E-state index is -0.305. The molecule has 126 valence electrons. The third-order valence-corrected chi connectivity index (χ3v) is 5.02. The number of hydrogen-bond acceptors (Lipinski definition) is 2. The van der Waals surface area contributed by atoms with Crippen LogP contribution in [-0.2, 0) is 9.53 Å². The van der Waals surface area contributed by atoms with Gasteiger partial charge in [-0.3, -0.25) is 4.79 Å². The predicted octanol–water partition coefficient (Wildman–Crippen LogP) is 6.13. The van der Waals surface area contributed by atoms with Gasteiger partial charge in [0.1, 0.15) is 5.60 Å². The average molecular weight is 299 g/mol. The lowest BCUT2D eigenvalue weighted by molar-refractivity contribution is -0.175. The SMILES string of the molecule is CC.CCCC(C)(CC)C(=O)OC(C)(C)C1CCCCC1. The Hall–Kier alpha value is -0.530. The maximum absolute atomic E-state index is 12.5. The molecule has 0 heterocycles. The van der Waals surface area contributed by atoms with Gasteiger partial charge in [0.15, 0.2) is 0 Å². The molecule has 1 saturated carbocycles. The third kappa shape index (κ3) is 6.00. The number of rotatable bonds is 6. The quantitative estimate of drug-likeness (QED) is 0.551. The van der Waals surface area contributed by atoms with Crippen LogP contribution in [0.5, 0.6) is 0 Å². The first kappa shape index (κ1) is 20.5. The van der Waals surface area contributed by atoms with Crippen molar-refractivity contribution in [2.45, 2.75) is 105 Å². The average Bonchev–Trinajstić information content (AvgIpc) is 2.50. The molecule has 1 unspecified atom stereocenters. The van der Waals surface area contributed by atoms with Crippen molar-refractivity contribution in [1.82, 2.24) is 0 Å². The first-order valence-electron chi connectivity index (χ1n) is 9.09. The lowest BCUT2D eigenvalue weighted by Gasteiger charge is -2.39. The highest BCUT2D eigenvalue weighted by Gasteiger charge is 2.39. The van der Waals surface area contributed by atoms with Crippen molar-refractivity contribution >= 4 is 5.97 Å². The Morgan fingerprint density at radius 3 is 2.00 bits per heavy atom. The molecule has 21 heavy (non-hydrogen) atoms. The zero-order chi connectivity index (χ0) is 16.5. The normalized spacial score (nSPS) is 19.2. The van der Waals surface area contributed by atoms with E-state index in [0.29, 0.717) is 5.92 Å². The van der Waals surface area contributed by atoms with Crippen molar-refractivity contribution in [3.8, 4) is 0 Å². The van der Waals surface area contributed by atoms with Crippen LogP contribution in [0.25, 0.3) is 0 Å². The Morgan fingerprint density at radius 2 is 1.57 bits per heavy atom. The summed E-state index contributed by atoms with van der Waals surface area (Å²) in [5.74, 6) is 0.542. The molecule has 1 fully saturated rings. The second-order valence-corrected chi connectivity index (χ2v) is 6.99. The fraction of sp³-hybridized carbons (Fsp3) is 0.947. The van der Waals surface area contributed by atoms with Crippen molar-refractivity contribution in [2.75, 3.05) is 0 Å². The van der Waals surface area contributed by atoms with Gasteiger partial charge in [0.2, 0.25) is 0 Å². The fourth-order valence-corrected chi connectivity index (χ4v) is 3.22. The first-order valence-corrected chi connectivity index (χ1v) is 9.09. The van der Waals surface area contributed by atoms with Crippen LogP contribution in [-0.4, -0.2) is 11.6 Å². The third-order valence-electron chi connectivity index (χ3n) is 5.02. The summed E-state index contributed by atoms with van der Waals surface area (Å²) < 4.78 is 5.95. The summed E-state index contributed by atoms with van der Waals surface area (Å²) in [6, 6.07) is 0. The minimum absolute atomic E-state index is 0.00687. The molecule has 1 atom stereocenters. The molecule has 0 aromatic rings. The summed E-state index contributed by atoms with van der Waals surface area (Å²) in [6.07, 6.45) is 9.13. The summed E-state index contributed by atoms with van der Waals surface area (Å²) in [6.45, 7) is 14.5. The van der Waals surface area contributed by atoms with Crippen LogP contribution >= 0.6 is 0 Å². The maximum Gasteiger partial charge on any atom is 0.312 e. The van der Waals surface area contributed by atoms with E-state index in [-0.39, 0.29) is 17.0 Å². The molecule has 0 saturated heterocycles. The number of ether oxygens (including phenoxy) is 1. The summed E-state index contributed by atoms with van der Waals surface area (Å²) in [5, 5.41) is 0. The van der Waals surface area contributed by atoms with Crippen LogP contribution in [0.1, 0.15) is 99.8 Å². The molecule has 0 aromatic heterocycles. The Kier molecular flexibility index (Phi) is 9.24. The Bertz CT molecular complexity index is 290. The fourth-order valence-electron chi connectivity index (χ4n) is 3.22. The van der Waals surface area contributed by atoms with E-state index in [9.17, 15) is 4.79 Å². The lowest BCUT2D eigenvalue weighted by Crippen LogP contribution is -2.42. The van der Waals surface area contributed by atoms with Crippen molar-refractivity contribution < 1.29 is 9.53 Å². The van der Waals surface area contributed by atoms with Gasteiger partial charge in [-0.05, 0) is 52.4 Å². The maximum atomic E-state index is 12.5. The van der Waals surface area contributed by atoms with Gasteiger partial charge < -0.3 is 4.74 Å². The van der Waals surface area contributed by atoms with Crippen molar-refractivity contribution in [3.05, 3.63) is 0 Å². The van der Waals surface area contributed by atoms with Crippen molar-refractivity contribution in [1.29, 1.82) is 0 Å². The molecule has 0 bridgehead atoms. The first-order chi connectivity index (χ1) is 9.85. The van der Waals surface area contributed by atoms with Gasteiger partial charge >= 0.3 is 5.97 Å². The van der Waals surface area contributed by atoms with Crippen molar-refractivity contribution in [2.24, 2.45) is 11.3 Å². The molecule has 0 amide bonds. The van der Waals surface area contributed by atoms with Gasteiger partial charge in [0.05, 0.1) is 5.41 Å². The van der Waals surface area contributed by atoms with Crippen molar-refractivity contribution in [3.63, 3.8) is 0 Å². The summed E-state index contributed by atoms with van der Waals surface area (Å²) in [4.78, 5) is 12.5. The van der Waals surface area contributed by atoms with Crippen LogP contribution in [0.4, 0.5) is 0 Å². The molecule has 0 aliphatic heterocycles. The number of hydrogen-bond donors (Lipinski definition) is 0. The summed E-state index contributed by atoms with van der Waals surface area (Å²) in [7, 11) is 0. The van der Waals surface area contributed by atoms with Crippen LogP contribution in [0.2, 0.25) is 0 Å². The molecule has 0 N–H and O–H groups in total. The molecule has 1 rings (SSSR count). The highest BCUT2D eigenvalue weighted by atomic mass is 16.6. The molecule has 1 aliphatic carbocycles. The second kappa shape index (κ2) is 9.48. The van der Waals surface area contributed by atoms with E-state index in [1.54, 1.807) is 0 Å². The zero-order valence-corrected chi connectivity index (χ0v) is 15.6. The van der Waals surface area contributed by atoms with Crippen LogP contribution in [0.15, 0.2) is 0 Å². The van der Waals surface area contributed by atoms with Gasteiger partial charge in [-0.1, -0.05) is 53.4 Å². The number of esters is 1. The molecule has 1 aliphatic rings. The van der Waals surface area contributed by atoms with E-state index in [2.05, 4.69) is 34.6 Å². The van der Waals surface area contributed by atoms with Gasteiger partial charge in [0, 0.05) is 0 Å². The molecule has 2 heteroatoms. The van der Waals surface area contributed by atoms with E-state index in [1.807, 2.05) is 13.8 Å². The summed E-state index contributed by atoms with van der Waals surface area (Å²) >= 11 is 0. The second-order valence-electron chi connectivity index (χ2n) is 6.99. The van der Waals surface area contributed by atoms with E-state index in [1.165, 1.54) is 32.1 Å². The van der Waals surface area contributed by atoms with Gasteiger partial charge in [0.25, 0.3) is 0 Å². The van der Waals surface area contributed by atoms with Crippen LogP contribution < -0.4 is 0 Å². The molecular formula is C19H38O2. The zero-order valence-electron chi connectivity index (χ0n) is 15.6. The number of carbonyl (C=O) groups excluding carboxylic acids is 1. The van der Waals surface area contributed by atoms with E-state index >= 15 is 0 Å². The molecule has 0 aromatic carbocycles. The smallest absolute Gasteiger partial charge is 0.312 e. The molecule has 0 spiro atoms. The predicted molar refractivity (Wildman–Crippen MR) is 91.4 cm³/mol. The highest BCUT2D eigenvalue weighted by Crippen LogP contribution is 2.38. The Balaban J connectivity index is 0.00000191. The Morgan fingerprint density at radius 1 is 1.05 bits per heavy atom. The highest BCUT2D eigenvalue weighted by molar-refractivity contribution is 5.76. The van der Waals surface area contributed by atoms with Crippen LogP contribution in [0, 0.1) is 11.3 Å². The Labute approximate surface area is 133 Å². The lowest BCUT2D eigenvalue weighted by atomic mass is 9.78. The van der Waals surface area contributed by atoms with Crippen LogP contribution in [0.3, 0.4) is 0 Å². The standard InChI is InChI=1S/C17H32O2.C2H6/c1-6-13-17(5,7-2)15(18)19-16(3,4)14-11-9-8-10-12-14;1-2/h14H,6-13H2,1-5H3;1-2H3. The molecule has 0 radical (unpaired) electrons. The van der Waals surface area contributed by atoms with Gasteiger partial charge in [-0.15, -0.1) is 0 Å². The largest absolute Gasteiger partial charge is 0.459 e. The molecule has 2 nitrogen and oxygen atoms in total. The monoisotopic (exact) mass is 298 g/mol. The molecular weight excluding hydrogens is 260 g/mol. The summed E-state index contributed by atoms with van der Waals surface area (Å²) in [5.41, 5.74) is -0.609. The van der Waals surface area contributed by atoms with Gasteiger partial charge in [-0.25, -0.2) is 0 Å². The van der Waals surface area contributed by atoms with Gasteiger partial charge in [-0.2, -0.15) is 0 Å². The van der Waals surface area contributed by atoms with E-state index < -0.39 is 0 Å². The minimum Gasteiger partial charge on any atom is -0.459 e. The number of carbonyl (C=O) groups is 1. The van der Waals surface area contributed by atoms with E-state index in [4.69, 9.17) is 4.74 Å². The topological polar surface area (TPSA) is 26.3 Å². The van der Waals surface area contributed by atoms with E-state index in [0.717, 1.165) is 19.3 Å².